The van der Waals surface area contributed by atoms with Crippen LogP contribution in [0.1, 0.15) is 17.5 Å². The molecule has 1 aromatic carbocycles. The molecule has 0 spiro atoms. The summed E-state index contributed by atoms with van der Waals surface area (Å²) < 4.78 is 32.8. The van der Waals surface area contributed by atoms with Crippen molar-refractivity contribution >= 4 is 27.6 Å². The monoisotopic (exact) mass is 452 g/mol. The van der Waals surface area contributed by atoms with Crippen molar-refractivity contribution in [2.45, 2.75) is 20.3 Å². The molecule has 9 nitrogen and oxygen atoms in total. The smallest absolute Gasteiger partial charge is 0.318 e. The van der Waals surface area contributed by atoms with Gasteiger partial charge in [-0.3, -0.25) is 5.10 Å². The molecular weight excluding hydrogens is 427 g/mol. The number of pyridine rings is 1. The average Bonchev–Trinajstić information content (AvgIpc) is 3.11. The zero-order valence-electron chi connectivity index (χ0n) is 19.0. The number of anilines is 1. The summed E-state index contributed by atoms with van der Waals surface area (Å²) in [6.45, 7) is 6.43. The number of benzene rings is 1. The molecule has 1 saturated heterocycles. The van der Waals surface area contributed by atoms with E-state index in [-0.39, 0.29) is 23.1 Å². The highest BCUT2D eigenvalue weighted by molar-refractivity contribution is 6.01. The van der Waals surface area contributed by atoms with Gasteiger partial charge in [-0.2, -0.15) is 15.1 Å². The van der Waals surface area contributed by atoms with Crippen molar-refractivity contribution in [1.29, 1.82) is 0 Å². The van der Waals surface area contributed by atoms with Gasteiger partial charge in [0.15, 0.2) is 5.82 Å². The van der Waals surface area contributed by atoms with E-state index in [9.17, 15) is 0 Å². The third kappa shape index (κ3) is 3.50. The van der Waals surface area contributed by atoms with Gasteiger partial charge in [0, 0.05) is 30.6 Å². The van der Waals surface area contributed by atoms with Gasteiger partial charge in [-0.05, 0) is 37.5 Å². The van der Waals surface area contributed by atoms with Crippen LogP contribution in [-0.4, -0.2) is 65.7 Å². The summed E-state index contributed by atoms with van der Waals surface area (Å²) in [7, 11) is 2.98. The van der Waals surface area contributed by atoms with Crippen molar-refractivity contribution in [2.75, 3.05) is 45.4 Å². The lowest BCUT2D eigenvalue weighted by atomic mass is 9.96. The van der Waals surface area contributed by atoms with Crippen LogP contribution in [-0.2, 0) is 4.74 Å². The molecule has 0 saturated carbocycles. The van der Waals surface area contributed by atoms with Crippen molar-refractivity contribution in [3.63, 3.8) is 0 Å². The molecule has 0 radical (unpaired) electrons. The minimum Gasteiger partial charge on any atom is -0.480 e. The number of ether oxygens (including phenoxy) is 3. The minimum absolute atomic E-state index is 0.0789. The molecule has 0 atom stereocenters. The lowest BCUT2D eigenvalue weighted by molar-refractivity contribution is 0.152. The number of aryl methyl sites for hydroxylation is 1. The van der Waals surface area contributed by atoms with Crippen LogP contribution >= 0.6 is 0 Å². The molecule has 10 heteroatoms. The topological polar surface area (TPSA) is 98.3 Å². The van der Waals surface area contributed by atoms with Crippen LogP contribution in [0.2, 0.25) is 0 Å². The largest absolute Gasteiger partial charge is 0.480 e. The first-order valence-corrected chi connectivity index (χ1v) is 10.8. The Morgan fingerprint density at radius 2 is 1.94 bits per heavy atom. The summed E-state index contributed by atoms with van der Waals surface area (Å²) in [5.41, 5.74) is 3.60. The van der Waals surface area contributed by atoms with Crippen molar-refractivity contribution in [2.24, 2.45) is 0 Å². The van der Waals surface area contributed by atoms with E-state index in [1.807, 2.05) is 24.8 Å². The van der Waals surface area contributed by atoms with Crippen LogP contribution in [0.3, 0.4) is 0 Å². The summed E-state index contributed by atoms with van der Waals surface area (Å²) in [6, 6.07) is 2.07. The Morgan fingerprint density at radius 1 is 1.09 bits per heavy atom. The fraction of sp³-hybridized carbons (Fsp3) is 0.391. The molecule has 0 aliphatic carbocycles. The zero-order valence-corrected chi connectivity index (χ0v) is 19.0. The quantitative estimate of drug-likeness (QED) is 0.502. The molecule has 1 aliphatic rings. The molecule has 1 N–H and O–H groups in total. The fourth-order valence-electron chi connectivity index (χ4n) is 4.33. The van der Waals surface area contributed by atoms with Crippen molar-refractivity contribution in [3.05, 3.63) is 29.2 Å². The van der Waals surface area contributed by atoms with E-state index in [0.717, 1.165) is 28.5 Å². The highest BCUT2D eigenvalue weighted by atomic mass is 19.1. The molecule has 172 valence electrons. The maximum atomic E-state index is 16.2. The molecule has 0 bridgehead atoms. The molecule has 1 fully saturated rings. The Hall–Kier alpha value is -3.53. The van der Waals surface area contributed by atoms with E-state index in [1.54, 1.807) is 6.20 Å². The SMILES string of the molecule is COc1nc(N2CCCOCC2)c2c(OC)nc(-c3c(C)c(C)cc4[nH]ncc34)c(F)c2n1. The van der Waals surface area contributed by atoms with E-state index in [2.05, 4.69) is 25.1 Å². The van der Waals surface area contributed by atoms with Gasteiger partial charge >= 0.3 is 6.01 Å². The van der Waals surface area contributed by atoms with E-state index in [1.165, 1.54) is 14.2 Å². The molecule has 0 unspecified atom stereocenters. The second kappa shape index (κ2) is 8.43. The third-order valence-corrected chi connectivity index (χ3v) is 6.11. The number of rotatable bonds is 4. The molecular formula is C23H25FN6O3. The van der Waals surface area contributed by atoms with Crippen molar-refractivity contribution in [1.82, 2.24) is 25.1 Å². The van der Waals surface area contributed by atoms with Crippen LogP contribution in [0.5, 0.6) is 11.9 Å². The van der Waals surface area contributed by atoms with E-state index in [4.69, 9.17) is 14.2 Å². The summed E-state index contributed by atoms with van der Waals surface area (Å²) >= 11 is 0. The van der Waals surface area contributed by atoms with Gasteiger partial charge in [0.1, 0.15) is 22.4 Å². The molecule has 33 heavy (non-hydrogen) atoms. The van der Waals surface area contributed by atoms with E-state index in [0.29, 0.717) is 43.1 Å². The van der Waals surface area contributed by atoms with Crippen molar-refractivity contribution in [3.8, 4) is 23.1 Å². The van der Waals surface area contributed by atoms with Crippen molar-refractivity contribution < 1.29 is 18.6 Å². The predicted molar refractivity (Wildman–Crippen MR) is 123 cm³/mol. The predicted octanol–water partition coefficient (Wildman–Crippen LogP) is 3.57. The van der Waals surface area contributed by atoms with Crippen LogP contribution < -0.4 is 14.4 Å². The lowest BCUT2D eigenvalue weighted by Crippen LogP contribution is -2.27. The Balaban J connectivity index is 1.84. The summed E-state index contributed by atoms with van der Waals surface area (Å²) in [6.07, 6.45) is 2.50. The van der Waals surface area contributed by atoms with Gasteiger partial charge in [-0.1, -0.05) is 0 Å². The maximum Gasteiger partial charge on any atom is 0.318 e. The second-order valence-electron chi connectivity index (χ2n) is 8.02. The Labute approximate surface area is 189 Å². The molecule has 3 aromatic heterocycles. The number of fused-ring (bicyclic) bond motifs is 2. The first kappa shape index (κ1) is 21.3. The number of aromatic nitrogens is 5. The summed E-state index contributed by atoms with van der Waals surface area (Å²) in [5.74, 6) is 0.211. The van der Waals surface area contributed by atoms with Gasteiger partial charge in [0.05, 0.1) is 32.5 Å². The van der Waals surface area contributed by atoms with E-state index >= 15 is 4.39 Å². The second-order valence-corrected chi connectivity index (χ2v) is 8.02. The fourth-order valence-corrected chi connectivity index (χ4v) is 4.33. The number of nitrogens with one attached hydrogen (secondary N) is 1. The highest BCUT2D eigenvalue weighted by Crippen LogP contribution is 2.41. The molecule has 5 rings (SSSR count). The Bertz CT molecular complexity index is 1350. The number of methoxy groups -OCH3 is 2. The van der Waals surface area contributed by atoms with Gasteiger partial charge in [-0.15, -0.1) is 0 Å². The lowest BCUT2D eigenvalue weighted by Gasteiger charge is -2.23. The maximum absolute atomic E-state index is 16.2. The molecule has 4 aromatic rings. The zero-order chi connectivity index (χ0) is 23.1. The highest BCUT2D eigenvalue weighted by Gasteiger charge is 2.27. The van der Waals surface area contributed by atoms with Gasteiger partial charge in [0.2, 0.25) is 5.88 Å². The number of H-pyrrole nitrogens is 1. The number of halogens is 1. The minimum atomic E-state index is -0.560. The summed E-state index contributed by atoms with van der Waals surface area (Å²) in [5, 5.41) is 8.30. The number of hydrogen-bond donors (Lipinski definition) is 1. The van der Waals surface area contributed by atoms with Crippen LogP contribution in [0.4, 0.5) is 10.2 Å². The Kier molecular flexibility index (Phi) is 5.45. The number of hydrogen-bond acceptors (Lipinski definition) is 8. The van der Waals surface area contributed by atoms with Crippen LogP contribution in [0.15, 0.2) is 12.3 Å². The van der Waals surface area contributed by atoms with E-state index < -0.39 is 5.82 Å². The average molecular weight is 452 g/mol. The van der Waals surface area contributed by atoms with Crippen LogP contribution in [0.25, 0.3) is 33.1 Å². The standard InChI is InChI=1S/C23H25FN6O3/c1-12-10-15-14(11-25-29-15)16(13(12)2)19-18(24)20-17(22(26-19)31-3)21(28-23(27-20)32-4)30-6-5-8-33-9-7-30/h10-11H,5-9H2,1-4H3,(H,25,29). The molecule has 1 aliphatic heterocycles. The van der Waals surface area contributed by atoms with Gasteiger partial charge in [-0.25, -0.2) is 9.37 Å². The number of nitrogens with zero attached hydrogens (tertiary/aromatic N) is 5. The third-order valence-electron chi connectivity index (χ3n) is 6.11. The first-order valence-electron chi connectivity index (χ1n) is 10.8. The van der Waals surface area contributed by atoms with Gasteiger partial charge in [0.25, 0.3) is 0 Å². The normalized spacial score (nSPS) is 14.6. The van der Waals surface area contributed by atoms with Crippen LogP contribution in [0, 0.1) is 19.7 Å². The number of aromatic amines is 1. The molecule has 0 amide bonds. The van der Waals surface area contributed by atoms with Gasteiger partial charge < -0.3 is 19.1 Å². The first-order chi connectivity index (χ1) is 16.0. The Morgan fingerprint density at radius 3 is 2.73 bits per heavy atom. The summed E-state index contributed by atoms with van der Waals surface area (Å²) in [4.78, 5) is 15.6. The molecule has 4 heterocycles.